The number of nitrogens with two attached hydrogens (primary N) is 1. The first-order chi connectivity index (χ1) is 11.1. The summed E-state index contributed by atoms with van der Waals surface area (Å²) in [6.07, 6.45) is 3.10. The lowest BCUT2D eigenvalue weighted by Gasteiger charge is -2.11. The molecule has 0 bridgehead atoms. The van der Waals surface area contributed by atoms with Crippen LogP contribution in [0, 0.1) is 12.8 Å². The monoisotopic (exact) mass is 308 g/mol. The maximum atomic E-state index is 6.34. The van der Waals surface area contributed by atoms with Crippen LogP contribution in [0.3, 0.4) is 0 Å². The van der Waals surface area contributed by atoms with Crippen LogP contribution >= 0.6 is 0 Å². The molecule has 1 aromatic carbocycles. The topological polar surface area (TPSA) is 61.3 Å². The van der Waals surface area contributed by atoms with Gasteiger partial charge < -0.3 is 14.9 Å². The van der Waals surface area contributed by atoms with Crippen LogP contribution in [0.15, 0.2) is 28.8 Å². The second-order valence-electron chi connectivity index (χ2n) is 7.23. The van der Waals surface area contributed by atoms with Gasteiger partial charge in [0.05, 0.1) is 13.2 Å². The van der Waals surface area contributed by atoms with E-state index in [1.54, 1.807) is 0 Å². The summed E-state index contributed by atoms with van der Waals surface area (Å²) >= 11 is 0. The molecule has 0 amide bonds. The zero-order chi connectivity index (χ0) is 15.8. The van der Waals surface area contributed by atoms with Crippen molar-refractivity contribution in [2.45, 2.75) is 31.7 Å². The maximum absolute atomic E-state index is 6.34. The van der Waals surface area contributed by atoms with Crippen LogP contribution in [0.25, 0.3) is 22.1 Å². The highest BCUT2D eigenvalue weighted by Crippen LogP contribution is 2.59. The van der Waals surface area contributed by atoms with Crippen LogP contribution in [0.2, 0.25) is 0 Å². The molecular weight excluding hydrogens is 288 g/mol. The van der Waals surface area contributed by atoms with Gasteiger partial charge in [-0.25, -0.2) is 0 Å². The molecular formula is C19H20N2O2. The minimum absolute atomic E-state index is 0.0666. The summed E-state index contributed by atoms with van der Waals surface area (Å²) in [4.78, 5) is 4.62. The van der Waals surface area contributed by atoms with Gasteiger partial charge in [-0.2, -0.15) is 0 Å². The molecule has 23 heavy (non-hydrogen) atoms. The SMILES string of the molecule is Cc1cc([C@@H](C)N)c2oc3c(C45COCC4C5)ccnc3c2c1. The third kappa shape index (κ3) is 1.71. The molecule has 0 spiro atoms. The van der Waals surface area contributed by atoms with E-state index in [-0.39, 0.29) is 11.5 Å². The van der Waals surface area contributed by atoms with Crippen molar-refractivity contribution in [2.75, 3.05) is 13.2 Å². The van der Waals surface area contributed by atoms with Crippen LogP contribution in [-0.2, 0) is 10.2 Å². The molecule has 2 unspecified atom stereocenters. The zero-order valence-corrected chi connectivity index (χ0v) is 13.4. The minimum atomic E-state index is -0.0666. The fourth-order valence-electron chi connectivity index (χ4n) is 4.23. The number of ether oxygens (including phenoxy) is 1. The van der Waals surface area contributed by atoms with Gasteiger partial charge in [0.1, 0.15) is 11.1 Å². The highest BCUT2D eigenvalue weighted by Gasteiger charge is 2.60. The number of rotatable bonds is 2. The standard InChI is InChI=1S/C19H20N2O2/c1-10-5-13(11(2)20)17-14(6-10)16-18(23-17)15(3-4-21-16)19-7-12(19)8-22-9-19/h3-6,11-12H,7-9,20H2,1-2H3/t11-,12?,19?/m1/s1. The van der Waals surface area contributed by atoms with Crippen molar-refractivity contribution < 1.29 is 9.15 Å². The number of hydrogen-bond donors (Lipinski definition) is 1. The molecule has 2 aromatic heterocycles. The van der Waals surface area contributed by atoms with Crippen molar-refractivity contribution in [2.24, 2.45) is 11.7 Å². The number of hydrogen-bond acceptors (Lipinski definition) is 4. The van der Waals surface area contributed by atoms with Gasteiger partial charge in [0, 0.05) is 34.2 Å². The summed E-state index contributed by atoms with van der Waals surface area (Å²) in [5.74, 6) is 0.635. The number of nitrogens with zero attached hydrogens (tertiary/aromatic N) is 1. The van der Waals surface area contributed by atoms with E-state index >= 15 is 0 Å². The van der Waals surface area contributed by atoms with E-state index in [9.17, 15) is 0 Å². The van der Waals surface area contributed by atoms with Crippen molar-refractivity contribution in [1.29, 1.82) is 0 Å². The average molecular weight is 308 g/mol. The van der Waals surface area contributed by atoms with E-state index in [1.807, 2.05) is 13.1 Å². The van der Waals surface area contributed by atoms with Crippen LogP contribution in [0.1, 0.15) is 36.1 Å². The molecule has 3 atom stereocenters. The normalized spacial score (nSPS) is 27.5. The van der Waals surface area contributed by atoms with Gasteiger partial charge in [0.15, 0.2) is 5.58 Å². The van der Waals surface area contributed by atoms with Crippen molar-refractivity contribution in [3.05, 3.63) is 41.1 Å². The van der Waals surface area contributed by atoms with E-state index in [1.165, 1.54) is 17.5 Å². The highest BCUT2D eigenvalue weighted by atomic mass is 16.5. The quantitative estimate of drug-likeness (QED) is 0.786. The summed E-state index contributed by atoms with van der Waals surface area (Å²) in [5, 5.41) is 1.07. The molecule has 1 saturated carbocycles. The molecule has 5 rings (SSSR count). The number of fused-ring (bicyclic) bond motifs is 4. The Morgan fingerprint density at radius 3 is 2.91 bits per heavy atom. The molecule has 1 saturated heterocycles. The van der Waals surface area contributed by atoms with Gasteiger partial charge in [-0.05, 0) is 43.9 Å². The molecule has 2 fully saturated rings. The van der Waals surface area contributed by atoms with E-state index in [2.05, 4.69) is 30.1 Å². The Labute approximate surface area is 134 Å². The van der Waals surface area contributed by atoms with Crippen molar-refractivity contribution in [3.63, 3.8) is 0 Å². The van der Waals surface area contributed by atoms with Crippen LogP contribution in [0.4, 0.5) is 0 Å². The van der Waals surface area contributed by atoms with E-state index in [0.717, 1.165) is 40.8 Å². The molecule has 2 N–H and O–H groups in total. The Morgan fingerprint density at radius 1 is 1.35 bits per heavy atom. The van der Waals surface area contributed by atoms with E-state index < -0.39 is 0 Å². The third-order valence-corrected chi connectivity index (χ3v) is 5.56. The van der Waals surface area contributed by atoms with Gasteiger partial charge >= 0.3 is 0 Å². The van der Waals surface area contributed by atoms with Crippen molar-refractivity contribution in [1.82, 2.24) is 4.98 Å². The van der Waals surface area contributed by atoms with Crippen LogP contribution < -0.4 is 5.73 Å². The van der Waals surface area contributed by atoms with E-state index in [4.69, 9.17) is 14.9 Å². The predicted octanol–water partition coefficient (Wildman–Crippen LogP) is 3.60. The summed E-state index contributed by atoms with van der Waals surface area (Å²) in [6, 6.07) is 6.31. The molecule has 118 valence electrons. The highest BCUT2D eigenvalue weighted by molar-refractivity contribution is 6.05. The Hall–Kier alpha value is -1.91. The van der Waals surface area contributed by atoms with Gasteiger partial charge in [-0.15, -0.1) is 0 Å². The number of benzene rings is 1. The van der Waals surface area contributed by atoms with Gasteiger partial charge in [0.25, 0.3) is 0 Å². The maximum Gasteiger partial charge on any atom is 0.157 e. The number of pyridine rings is 1. The third-order valence-electron chi connectivity index (χ3n) is 5.56. The molecule has 3 aromatic rings. The molecule has 4 nitrogen and oxygen atoms in total. The number of aryl methyl sites for hydroxylation is 1. The predicted molar refractivity (Wildman–Crippen MR) is 89.5 cm³/mol. The first kappa shape index (κ1) is 13.5. The second kappa shape index (κ2) is 4.34. The lowest BCUT2D eigenvalue weighted by molar-refractivity contribution is 0.160. The average Bonchev–Trinajstić information content (AvgIpc) is 2.90. The Balaban J connectivity index is 1.85. The Morgan fingerprint density at radius 2 is 2.22 bits per heavy atom. The number of furan rings is 1. The van der Waals surface area contributed by atoms with Gasteiger partial charge in [0.2, 0.25) is 0 Å². The molecule has 1 aliphatic carbocycles. The summed E-state index contributed by atoms with van der Waals surface area (Å²) in [7, 11) is 0. The Bertz CT molecular complexity index is 943. The second-order valence-corrected chi connectivity index (χ2v) is 7.23. The van der Waals surface area contributed by atoms with Gasteiger partial charge in [-0.3, -0.25) is 4.98 Å². The Kier molecular flexibility index (Phi) is 2.55. The van der Waals surface area contributed by atoms with Crippen molar-refractivity contribution in [3.8, 4) is 0 Å². The molecule has 3 heterocycles. The first-order valence-corrected chi connectivity index (χ1v) is 8.26. The summed E-state index contributed by atoms with van der Waals surface area (Å²) in [6.45, 7) is 5.76. The van der Waals surface area contributed by atoms with Gasteiger partial charge in [-0.1, -0.05) is 6.07 Å². The molecule has 0 radical (unpaired) electrons. The fourth-order valence-corrected chi connectivity index (χ4v) is 4.23. The minimum Gasteiger partial charge on any atom is -0.454 e. The largest absolute Gasteiger partial charge is 0.454 e. The van der Waals surface area contributed by atoms with Crippen LogP contribution in [0.5, 0.6) is 0 Å². The summed E-state index contributed by atoms with van der Waals surface area (Å²) in [5.41, 5.74) is 12.6. The van der Waals surface area contributed by atoms with Crippen LogP contribution in [-0.4, -0.2) is 18.2 Å². The molecule has 4 heteroatoms. The number of aromatic nitrogens is 1. The molecule has 2 aliphatic rings. The molecule has 1 aliphatic heterocycles. The lowest BCUT2D eigenvalue weighted by atomic mass is 9.95. The zero-order valence-electron chi connectivity index (χ0n) is 13.4. The summed E-state index contributed by atoms with van der Waals surface area (Å²) < 4.78 is 12.0. The van der Waals surface area contributed by atoms with E-state index in [0.29, 0.717) is 5.92 Å². The lowest BCUT2D eigenvalue weighted by Crippen LogP contribution is -2.11. The van der Waals surface area contributed by atoms with Crippen molar-refractivity contribution >= 4 is 22.1 Å². The smallest absolute Gasteiger partial charge is 0.157 e. The fraction of sp³-hybridized carbons (Fsp3) is 0.421. The first-order valence-electron chi connectivity index (χ1n) is 8.26.